The van der Waals surface area contributed by atoms with Gasteiger partial charge in [0.05, 0.1) is 0 Å². The van der Waals surface area contributed by atoms with Gasteiger partial charge in [0.25, 0.3) is 0 Å². The Bertz CT molecular complexity index is 403. The van der Waals surface area contributed by atoms with Crippen LogP contribution in [0.1, 0.15) is 21.0 Å². The molecule has 0 atom stereocenters. The Morgan fingerprint density at radius 3 is 1.75 bits per heavy atom. The van der Waals surface area contributed by atoms with Crippen molar-refractivity contribution in [2.75, 3.05) is 0 Å². The number of aromatic carboxylic acids is 2. The highest BCUT2D eigenvalue weighted by molar-refractivity contribution is 5.91. The summed E-state index contributed by atoms with van der Waals surface area (Å²) in [6.07, 6.45) is -4.69. The summed E-state index contributed by atoms with van der Waals surface area (Å²) in [5.41, 5.74) is -1.43. The van der Waals surface area contributed by atoms with Crippen molar-refractivity contribution < 1.29 is 33.0 Å². The highest BCUT2D eigenvalue weighted by Crippen LogP contribution is 2.21. The number of alkyl halides is 3. The van der Waals surface area contributed by atoms with Gasteiger partial charge < -0.3 is 14.8 Å². The van der Waals surface area contributed by atoms with Gasteiger partial charge in [0, 0.05) is 0 Å². The lowest BCUT2D eigenvalue weighted by Crippen LogP contribution is -2.24. The zero-order valence-corrected chi connectivity index (χ0v) is 7.65. The van der Waals surface area contributed by atoms with Crippen molar-refractivity contribution in [2.45, 2.75) is 12.7 Å². The van der Waals surface area contributed by atoms with E-state index in [1.165, 1.54) is 0 Å². The van der Waals surface area contributed by atoms with Crippen molar-refractivity contribution in [3.8, 4) is 0 Å². The van der Waals surface area contributed by atoms with Crippen molar-refractivity contribution in [1.82, 2.24) is 4.57 Å². The Labute approximate surface area is 86.7 Å². The standard InChI is InChI=1S/C8H6F3NO4/c9-8(10,11)3-12-4(6(13)14)1-2-5(12)7(15)16/h1-2H,3H2,(H,13,14)(H,15,16). The van der Waals surface area contributed by atoms with Gasteiger partial charge in [0.1, 0.15) is 17.9 Å². The fourth-order valence-electron chi connectivity index (χ4n) is 1.19. The number of nitrogens with zero attached hydrogens (tertiary/aromatic N) is 1. The first-order chi connectivity index (χ1) is 7.22. The average Bonchev–Trinajstić information content (AvgIpc) is 2.44. The Morgan fingerprint density at radius 1 is 1.12 bits per heavy atom. The first-order valence-corrected chi connectivity index (χ1v) is 3.95. The molecule has 0 spiro atoms. The molecule has 8 heteroatoms. The highest BCUT2D eigenvalue weighted by Gasteiger charge is 2.32. The Morgan fingerprint density at radius 2 is 1.50 bits per heavy atom. The summed E-state index contributed by atoms with van der Waals surface area (Å²) in [6.45, 7) is -1.65. The molecule has 0 aliphatic heterocycles. The van der Waals surface area contributed by atoms with E-state index in [0.29, 0.717) is 0 Å². The van der Waals surface area contributed by atoms with E-state index in [2.05, 4.69) is 0 Å². The first-order valence-electron chi connectivity index (χ1n) is 3.95. The van der Waals surface area contributed by atoms with Crippen molar-refractivity contribution >= 4 is 11.9 Å². The number of hydrogen-bond donors (Lipinski definition) is 2. The number of rotatable bonds is 3. The second-order valence-electron chi connectivity index (χ2n) is 2.92. The number of hydrogen-bond acceptors (Lipinski definition) is 2. The number of carbonyl (C=O) groups is 2. The summed E-state index contributed by atoms with van der Waals surface area (Å²) in [6, 6.07) is 1.63. The van der Waals surface area contributed by atoms with E-state index >= 15 is 0 Å². The lowest BCUT2D eigenvalue weighted by Gasteiger charge is -2.11. The summed E-state index contributed by atoms with van der Waals surface area (Å²) >= 11 is 0. The molecule has 16 heavy (non-hydrogen) atoms. The van der Waals surface area contributed by atoms with Crippen LogP contribution in [0.2, 0.25) is 0 Å². The zero-order valence-electron chi connectivity index (χ0n) is 7.65. The second kappa shape index (κ2) is 3.87. The lowest BCUT2D eigenvalue weighted by atomic mass is 10.4. The topological polar surface area (TPSA) is 79.5 Å². The van der Waals surface area contributed by atoms with Crippen LogP contribution in [0.5, 0.6) is 0 Å². The van der Waals surface area contributed by atoms with Crippen LogP contribution in [0, 0.1) is 0 Å². The maximum atomic E-state index is 12.1. The molecule has 0 aromatic carbocycles. The van der Waals surface area contributed by atoms with Gasteiger partial charge in [-0.25, -0.2) is 9.59 Å². The smallest absolute Gasteiger partial charge is 0.406 e. The van der Waals surface area contributed by atoms with Crippen LogP contribution in [-0.4, -0.2) is 32.9 Å². The third-order valence-corrected chi connectivity index (χ3v) is 1.76. The van der Waals surface area contributed by atoms with E-state index < -0.39 is 36.0 Å². The maximum absolute atomic E-state index is 12.1. The van der Waals surface area contributed by atoms with Crippen LogP contribution in [0.25, 0.3) is 0 Å². The van der Waals surface area contributed by atoms with Gasteiger partial charge in [-0.15, -0.1) is 0 Å². The summed E-state index contributed by atoms with van der Waals surface area (Å²) < 4.78 is 36.5. The minimum atomic E-state index is -4.69. The van der Waals surface area contributed by atoms with Crippen molar-refractivity contribution in [2.24, 2.45) is 0 Å². The third kappa shape index (κ3) is 2.53. The molecule has 88 valence electrons. The number of halogens is 3. The van der Waals surface area contributed by atoms with Crippen LogP contribution in [-0.2, 0) is 6.54 Å². The summed E-state index contributed by atoms with van der Waals surface area (Å²) in [5, 5.41) is 17.2. The van der Waals surface area contributed by atoms with E-state index in [1.807, 2.05) is 0 Å². The number of carboxylic acids is 2. The number of carboxylic acid groups (broad SMARTS) is 2. The highest BCUT2D eigenvalue weighted by atomic mass is 19.4. The fraction of sp³-hybridized carbons (Fsp3) is 0.250. The molecule has 1 heterocycles. The van der Waals surface area contributed by atoms with Gasteiger partial charge in [-0.1, -0.05) is 0 Å². The van der Waals surface area contributed by atoms with Gasteiger partial charge in [-0.3, -0.25) is 0 Å². The van der Waals surface area contributed by atoms with Gasteiger partial charge in [0.15, 0.2) is 0 Å². The van der Waals surface area contributed by atoms with Gasteiger partial charge in [0.2, 0.25) is 0 Å². The molecular weight excluding hydrogens is 231 g/mol. The molecule has 0 unspecified atom stereocenters. The fourth-order valence-corrected chi connectivity index (χ4v) is 1.19. The molecule has 1 aromatic heterocycles. The summed E-state index contributed by atoms with van der Waals surface area (Å²) in [7, 11) is 0. The molecule has 0 fully saturated rings. The lowest BCUT2D eigenvalue weighted by molar-refractivity contribution is -0.140. The monoisotopic (exact) mass is 237 g/mol. The molecule has 0 aliphatic rings. The predicted molar refractivity (Wildman–Crippen MR) is 44.4 cm³/mol. The first kappa shape index (κ1) is 12.1. The van der Waals surface area contributed by atoms with Crippen LogP contribution in [0.3, 0.4) is 0 Å². The molecule has 2 N–H and O–H groups in total. The van der Waals surface area contributed by atoms with E-state index in [4.69, 9.17) is 10.2 Å². The van der Waals surface area contributed by atoms with Crippen molar-refractivity contribution in [3.63, 3.8) is 0 Å². The Kier molecular flexibility index (Phi) is 2.92. The number of aromatic nitrogens is 1. The summed E-state index contributed by atoms with van der Waals surface area (Å²) in [5.74, 6) is -3.23. The molecule has 0 saturated carbocycles. The average molecular weight is 237 g/mol. The van der Waals surface area contributed by atoms with Crippen molar-refractivity contribution in [3.05, 3.63) is 23.5 Å². The summed E-state index contributed by atoms with van der Waals surface area (Å²) in [4.78, 5) is 21.1. The zero-order chi connectivity index (χ0) is 12.5. The van der Waals surface area contributed by atoms with Crippen LogP contribution in [0.4, 0.5) is 13.2 Å². The van der Waals surface area contributed by atoms with E-state index in [0.717, 1.165) is 12.1 Å². The molecule has 0 radical (unpaired) electrons. The van der Waals surface area contributed by atoms with Gasteiger partial charge in [-0.2, -0.15) is 13.2 Å². The molecule has 0 aliphatic carbocycles. The quantitative estimate of drug-likeness (QED) is 0.833. The van der Waals surface area contributed by atoms with Gasteiger partial charge >= 0.3 is 18.1 Å². The van der Waals surface area contributed by atoms with Gasteiger partial charge in [-0.05, 0) is 12.1 Å². The van der Waals surface area contributed by atoms with Crippen LogP contribution >= 0.6 is 0 Å². The molecule has 0 saturated heterocycles. The van der Waals surface area contributed by atoms with E-state index in [9.17, 15) is 22.8 Å². The van der Waals surface area contributed by atoms with Crippen molar-refractivity contribution in [1.29, 1.82) is 0 Å². The Hall–Kier alpha value is -1.99. The van der Waals surface area contributed by atoms with Crippen LogP contribution in [0.15, 0.2) is 12.1 Å². The molecule has 5 nitrogen and oxygen atoms in total. The predicted octanol–water partition coefficient (Wildman–Crippen LogP) is 1.45. The molecular formula is C8H6F3NO4. The van der Waals surface area contributed by atoms with Crippen LogP contribution < -0.4 is 0 Å². The largest absolute Gasteiger partial charge is 0.477 e. The molecule has 1 rings (SSSR count). The second-order valence-corrected chi connectivity index (χ2v) is 2.92. The SMILES string of the molecule is O=C(O)c1ccc(C(=O)O)n1CC(F)(F)F. The molecule has 0 amide bonds. The maximum Gasteiger partial charge on any atom is 0.406 e. The minimum Gasteiger partial charge on any atom is -0.477 e. The minimum absolute atomic E-state index is 0.199. The molecule has 1 aromatic rings. The Balaban J connectivity index is 3.25. The normalized spacial score (nSPS) is 11.4. The molecule has 0 bridgehead atoms. The van der Waals surface area contributed by atoms with E-state index in [-0.39, 0.29) is 4.57 Å². The third-order valence-electron chi connectivity index (χ3n) is 1.76. The van der Waals surface area contributed by atoms with E-state index in [1.54, 1.807) is 0 Å².